The van der Waals surface area contributed by atoms with Crippen LogP contribution in [0, 0.1) is 0 Å². The van der Waals surface area contributed by atoms with E-state index in [1.165, 1.54) is 0 Å². The Hall–Kier alpha value is -1.06. The van der Waals surface area contributed by atoms with E-state index in [-0.39, 0.29) is 12.4 Å². The molecule has 0 saturated carbocycles. The van der Waals surface area contributed by atoms with Crippen molar-refractivity contribution in [3.05, 3.63) is 70.7 Å². The number of rotatable bonds is 6. The third-order valence-electron chi connectivity index (χ3n) is 3.65. The number of likely N-dealkylation sites (N-methyl/N-ethyl adjacent to an activating group) is 1. The first-order valence-corrected chi connectivity index (χ1v) is 7.50. The Morgan fingerprint density at radius 2 is 1.50 bits per heavy atom. The Morgan fingerprint density at radius 1 is 0.955 bits per heavy atom. The van der Waals surface area contributed by atoms with Crippen molar-refractivity contribution in [3.63, 3.8) is 0 Å². The number of benzene rings is 2. The smallest absolute Gasteiger partial charge is 0.115 e. The summed E-state index contributed by atoms with van der Waals surface area (Å²) >= 11 is 6.01. The van der Waals surface area contributed by atoms with Gasteiger partial charge in [0.2, 0.25) is 0 Å². The van der Waals surface area contributed by atoms with Crippen LogP contribution < -0.4 is 0 Å². The third kappa shape index (κ3) is 4.72. The first kappa shape index (κ1) is 19.0. The molecule has 0 N–H and O–H groups in total. The topological polar surface area (TPSA) is 12.5 Å². The van der Waals surface area contributed by atoms with Gasteiger partial charge in [-0.2, -0.15) is 0 Å². The maximum atomic E-state index is 6.27. The Morgan fingerprint density at radius 3 is 2.05 bits per heavy atom. The standard InChI is InChI=1S/C18H22ClNO.ClH/c1-18(21-14-13-20(2)3,15-7-5-4-6-8-15)16-9-11-17(19)12-10-16;/h4-12H,13-14H2,1-3H3;1H. The van der Waals surface area contributed by atoms with E-state index in [1.807, 2.05) is 56.6 Å². The van der Waals surface area contributed by atoms with Crippen LogP contribution in [0.1, 0.15) is 18.1 Å². The van der Waals surface area contributed by atoms with Crippen molar-refractivity contribution in [2.75, 3.05) is 27.2 Å². The molecular formula is C18H23Cl2NO. The average Bonchev–Trinajstić information content (AvgIpc) is 2.48. The number of hydrogen-bond acceptors (Lipinski definition) is 2. The highest BCUT2D eigenvalue weighted by Gasteiger charge is 2.29. The Balaban J connectivity index is 0.00000242. The van der Waals surface area contributed by atoms with E-state index >= 15 is 0 Å². The fourth-order valence-corrected chi connectivity index (χ4v) is 2.42. The number of hydrogen-bond donors (Lipinski definition) is 0. The normalized spacial score (nSPS) is 13.5. The molecular weight excluding hydrogens is 317 g/mol. The van der Waals surface area contributed by atoms with Crippen molar-refractivity contribution < 1.29 is 4.74 Å². The second kappa shape index (κ2) is 8.54. The minimum absolute atomic E-state index is 0. The van der Waals surface area contributed by atoms with Gasteiger partial charge >= 0.3 is 0 Å². The van der Waals surface area contributed by atoms with Gasteiger partial charge in [-0.05, 0) is 44.3 Å². The Bertz CT molecular complexity index is 557. The molecule has 22 heavy (non-hydrogen) atoms. The predicted molar refractivity (Wildman–Crippen MR) is 96.1 cm³/mol. The quantitative estimate of drug-likeness (QED) is 0.762. The van der Waals surface area contributed by atoms with E-state index in [4.69, 9.17) is 16.3 Å². The zero-order valence-electron chi connectivity index (χ0n) is 13.3. The summed E-state index contributed by atoms with van der Waals surface area (Å²) in [6.45, 7) is 3.66. The Labute approximate surface area is 144 Å². The molecule has 0 amide bonds. The van der Waals surface area contributed by atoms with Crippen LogP contribution in [0.5, 0.6) is 0 Å². The molecule has 0 aliphatic rings. The summed E-state index contributed by atoms with van der Waals surface area (Å²) in [7, 11) is 4.09. The van der Waals surface area contributed by atoms with Crippen LogP contribution in [0.4, 0.5) is 0 Å². The molecule has 0 saturated heterocycles. The Kier molecular flexibility index (Phi) is 7.37. The van der Waals surface area contributed by atoms with Gasteiger partial charge in [0.05, 0.1) is 6.61 Å². The highest BCUT2D eigenvalue weighted by atomic mass is 35.5. The van der Waals surface area contributed by atoms with Gasteiger partial charge in [0.25, 0.3) is 0 Å². The van der Waals surface area contributed by atoms with Gasteiger partial charge in [0.1, 0.15) is 5.60 Å². The average molecular weight is 340 g/mol. The van der Waals surface area contributed by atoms with E-state index < -0.39 is 5.60 Å². The van der Waals surface area contributed by atoms with Crippen LogP contribution in [0.25, 0.3) is 0 Å². The summed E-state index contributed by atoms with van der Waals surface area (Å²) in [5.41, 5.74) is 1.78. The molecule has 2 aromatic carbocycles. The molecule has 0 aliphatic heterocycles. The summed E-state index contributed by atoms with van der Waals surface area (Å²) in [5.74, 6) is 0. The lowest BCUT2D eigenvalue weighted by molar-refractivity contribution is -0.0101. The van der Waals surface area contributed by atoms with Crippen LogP contribution in [-0.4, -0.2) is 32.1 Å². The van der Waals surface area contributed by atoms with Crippen LogP contribution in [0.3, 0.4) is 0 Å². The van der Waals surface area contributed by atoms with Crippen molar-refractivity contribution >= 4 is 24.0 Å². The molecule has 1 atom stereocenters. The molecule has 1 unspecified atom stereocenters. The maximum absolute atomic E-state index is 6.27. The molecule has 2 aromatic rings. The van der Waals surface area contributed by atoms with Crippen molar-refractivity contribution in [2.45, 2.75) is 12.5 Å². The molecule has 0 heterocycles. The SMILES string of the molecule is CN(C)CCOC(C)(c1ccccc1)c1ccc(Cl)cc1.Cl. The van der Waals surface area contributed by atoms with Gasteiger partial charge < -0.3 is 9.64 Å². The van der Waals surface area contributed by atoms with Crippen molar-refractivity contribution in [1.82, 2.24) is 4.90 Å². The highest BCUT2D eigenvalue weighted by molar-refractivity contribution is 6.30. The van der Waals surface area contributed by atoms with E-state index in [0.717, 1.165) is 22.7 Å². The van der Waals surface area contributed by atoms with Crippen LogP contribution in [0.15, 0.2) is 54.6 Å². The lowest BCUT2D eigenvalue weighted by Crippen LogP contribution is -2.31. The lowest BCUT2D eigenvalue weighted by atomic mass is 9.88. The molecule has 0 bridgehead atoms. The molecule has 120 valence electrons. The summed E-state index contributed by atoms with van der Waals surface area (Å²) in [6, 6.07) is 18.2. The van der Waals surface area contributed by atoms with Gasteiger partial charge in [-0.1, -0.05) is 54.1 Å². The molecule has 0 fully saturated rings. The molecule has 0 radical (unpaired) electrons. The first-order valence-electron chi connectivity index (χ1n) is 7.12. The highest BCUT2D eigenvalue weighted by Crippen LogP contribution is 2.33. The lowest BCUT2D eigenvalue weighted by Gasteiger charge is -2.32. The summed E-state index contributed by atoms with van der Waals surface area (Å²) in [4.78, 5) is 2.12. The molecule has 0 aromatic heterocycles. The van der Waals surface area contributed by atoms with E-state index in [1.54, 1.807) is 0 Å². The summed E-state index contributed by atoms with van der Waals surface area (Å²) in [6.07, 6.45) is 0. The number of halogens is 2. The number of nitrogens with zero attached hydrogens (tertiary/aromatic N) is 1. The molecule has 0 spiro atoms. The van der Waals surface area contributed by atoms with Gasteiger partial charge in [0, 0.05) is 11.6 Å². The molecule has 2 nitrogen and oxygen atoms in total. The fourth-order valence-electron chi connectivity index (χ4n) is 2.29. The minimum atomic E-state index is -0.470. The predicted octanol–water partition coefficient (Wildman–Crippen LogP) is 4.60. The van der Waals surface area contributed by atoms with Gasteiger partial charge in [0.15, 0.2) is 0 Å². The number of ether oxygens (including phenoxy) is 1. The largest absolute Gasteiger partial charge is 0.365 e. The van der Waals surface area contributed by atoms with Gasteiger partial charge in [-0.3, -0.25) is 0 Å². The molecule has 2 rings (SSSR count). The van der Waals surface area contributed by atoms with Crippen LogP contribution in [-0.2, 0) is 10.3 Å². The molecule has 4 heteroatoms. The van der Waals surface area contributed by atoms with E-state index in [0.29, 0.717) is 6.61 Å². The maximum Gasteiger partial charge on any atom is 0.115 e. The molecule has 0 aliphatic carbocycles. The van der Waals surface area contributed by atoms with Crippen molar-refractivity contribution in [1.29, 1.82) is 0 Å². The van der Waals surface area contributed by atoms with Crippen LogP contribution >= 0.6 is 24.0 Å². The van der Waals surface area contributed by atoms with Crippen LogP contribution in [0.2, 0.25) is 5.02 Å². The fraction of sp³-hybridized carbons (Fsp3) is 0.333. The van der Waals surface area contributed by atoms with Gasteiger partial charge in [-0.15, -0.1) is 12.4 Å². The zero-order chi connectivity index (χ0) is 15.3. The van der Waals surface area contributed by atoms with Crippen molar-refractivity contribution in [3.8, 4) is 0 Å². The summed E-state index contributed by atoms with van der Waals surface area (Å²) in [5, 5.41) is 0.738. The van der Waals surface area contributed by atoms with Crippen molar-refractivity contribution in [2.24, 2.45) is 0 Å². The first-order chi connectivity index (χ1) is 10.0. The zero-order valence-corrected chi connectivity index (χ0v) is 14.8. The van der Waals surface area contributed by atoms with Gasteiger partial charge in [-0.25, -0.2) is 0 Å². The second-order valence-electron chi connectivity index (χ2n) is 5.56. The third-order valence-corrected chi connectivity index (χ3v) is 3.90. The van der Waals surface area contributed by atoms with E-state index in [9.17, 15) is 0 Å². The summed E-state index contributed by atoms with van der Waals surface area (Å²) < 4.78 is 6.27. The monoisotopic (exact) mass is 339 g/mol. The second-order valence-corrected chi connectivity index (χ2v) is 5.99. The van der Waals surface area contributed by atoms with E-state index in [2.05, 4.69) is 24.0 Å². The minimum Gasteiger partial charge on any atom is -0.365 e.